The zero-order valence-corrected chi connectivity index (χ0v) is 8.85. The molecule has 0 aromatic carbocycles. The lowest BCUT2D eigenvalue weighted by Crippen LogP contribution is -2.49. The minimum atomic E-state index is -1.94. The first kappa shape index (κ1) is 13.8. The number of ether oxygens (including phenoxy) is 2. The fraction of sp³-hybridized carbons (Fsp3) is 0.750. The third kappa shape index (κ3) is 2.90. The molecule has 0 saturated carbocycles. The summed E-state index contributed by atoms with van der Waals surface area (Å²) in [5.74, 6) is 1.80. The molecule has 1 aliphatic rings. The Morgan fingerprint density at radius 1 is 1.24 bits per heavy atom. The fourth-order valence-corrected chi connectivity index (χ4v) is 1.48. The van der Waals surface area contributed by atoms with Crippen LogP contribution in [0.4, 0.5) is 0 Å². The lowest BCUT2D eigenvalue weighted by Gasteiger charge is -2.21. The summed E-state index contributed by atoms with van der Waals surface area (Å²) in [6.07, 6.45) is -7.42. The van der Waals surface area contributed by atoms with Crippen molar-refractivity contribution in [3.63, 3.8) is 0 Å². The van der Waals surface area contributed by atoms with E-state index in [2.05, 4.69) is 10.7 Å². The van der Waals surface area contributed by atoms with E-state index in [1.807, 2.05) is 0 Å². The normalized spacial score (nSPS) is 31.9. The highest BCUT2D eigenvalue weighted by Gasteiger charge is 2.48. The summed E-state index contributed by atoms with van der Waals surface area (Å²) in [6, 6.07) is 0. The Balaban J connectivity index is 2.81. The number of rotatable bonds is 4. The topological polar surface area (TPSA) is 149 Å². The molecule has 1 saturated heterocycles. The number of aliphatic hydroxyl groups excluding tert-OH is 2. The Labute approximate surface area is 95.6 Å². The van der Waals surface area contributed by atoms with Crippen LogP contribution in [0.15, 0.2) is 0 Å². The lowest BCUT2D eigenvalue weighted by atomic mass is 10.0. The molecule has 17 heavy (non-hydrogen) atoms. The van der Waals surface area contributed by atoms with Gasteiger partial charge in [-0.25, -0.2) is 9.59 Å². The molecule has 0 aliphatic carbocycles. The van der Waals surface area contributed by atoms with Crippen LogP contribution in [0, 0.1) is 0 Å². The van der Waals surface area contributed by atoms with Crippen LogP contribution >= 0.6 is 0 Å². The number of carboxylic acid groups (broad SMARTS) is 1. The molecule has 0 aromatic rings. The molecule has 0 radical (unpaired) electrons. The second-order valence-electron chi connectivity index (χ2n) is 3.43. The maximum atomic E-state index is 11.0. The Kier molecular flexibility index (Phi) is 4.37. The second-order valence-corrected chi connectivity index (χ2v) is 3.43. The van der Waals surface area contributed by atoms with Crippen LogP contribution in [-0.2, 0) is 23.9 Å². The van der Waals surface area contributed by atoms with Gasteiger partial charge < -0.3 is 29.6 Å². The number of carbonyl (C=O) groups excluding carboxylic acids is 1. The van der Waals surface area contributed by atoms with Crippen LogP contribution < -0.4 is 5.90 Å². The van der Waals surface area contributed by atoms with Crippen molar-refractivity contribution in [2.45, 2.75) is 37.6 Å². The van der Waals surface area contributed by atoms with E-state index < -0.39 is 42.6 Å². The third-order valence-electron chi connectivity index (χ3n) is 2.25. The highest BCUT2D eigenvalue weighted by molar-refractivity contribution is 5.76. The number of hydrogen-bond acceptors (Lipinski definition) is 8. The number of nitrogens with two attached hydrogens (primary N) is 1. The van der Waals surface area contributed by atoms with E-state index in [-0.39, 0.29) is 0 Å². The molecule has 0 spiro atoms. The zero-order valence-electron chi connectivity index (χ0n) is 8.85. The van der Waals surface area contributed by atoms with Crippen LogP contribution in [-0.4, -0.2) is 58.0 Å². The van der Waals surface area contributed by atoms with Crippen molar-refractivity contribution in [2.24, 2.45) is 5.90 Å². The van der Waals surface area contributed by atoms with Gasteiger partial charge in [-0.15, -0.1) is 0 Å². The summed E-state index contributed by atoms with van der Waals surface area (Å²) in [5, 5.41) is 27.4. The molecular formula is C8H13NO8. The molecule has 5 N–H and O–H groups in total. The molecule has 5 atom stereocenters. The third-order valence-corrected chi connectivity index (χ3v) is 2.25. The van der Waals surface area contributed by atoms with Crippen LogP contribution in [0.2, 0.25) is 0 Å². The van der Waals surface area contributed by atoms with Gasteiger partial charge in [0.1, 0.15) is 12.2 Å². The summed E-state index contributed by atoms with van der Waals surface area (Å²) >= 11 is 0. The average molecular weight is 251 g/mol. The summed E-state index contributed by atoms with van der Waals surface area (Å²) < 4.78 is 9.93. The number of carbonyl (C=O) groups is 2. The van der Waals surface area contributed by atoms with E-state index in [1.54, 1.807) is 0 Å². The molecule has 9 nitrogen and oxygen atoms in total. The summed E-state index contributed by atoms with van der Waals surface area (Å²) in [4.78, 5) is 25.4. The first-order chi connectivity index (χ1) is 7.88. The molecule has 0 amide bonds. The number of aliphatic carboxylic acids is 1. The molecular weight excluding hydrogens is 238 g/mol. The highest BCUT2D eigenvalue weighted by atomic mass is 16.7. The average Bonchev–Trinajstić information content (AvgIpc) is 2.67. The number of aliphatic hydroxyl groups is 2. The molecule has 9 heteroatoms. The summed E-state index contributed by atoms with van der Waals surface area (Å²) in [7, 11) is 0. The van der Waals surface area contributed by atoms with Gasteiger partial charge in [-0.1, -0.05) is 0 Å². The van der Waals surface area contributed by atoms with Gasteiger partial charge in [-0.05, 0) is 6.92 Å². The molecule has 1 heterocycles. The molecule has 0 bridgehead atoms. The minimum absolute atomic E-state index is 0.876. The molecule has 1 unspecified atom stereocenters. The number of hydrogen-bond donors (Lipinski definition) is 4. The van der Waals surface area contributed by atoms with Gasteiger partial charge in [0.15, 0.2) is 18.5 Å². The van der Waals surface area contributed by atoms with E-state index in [0.29, 0.717) is 0 Å². The van der Waals surface area contributed by atoms with E-state index in [0.717, 1.165) is 0 Å². The standard InChI is InChI=1S/C8H13NO8/c1-2-15-5(3(10)7(12)13)6(16-2)4(11)8(14)17-9/h2-6,10-11H,9H2,1H3,(H,12,13)/t2?,3-,4+,5-,6+/m0/s1. The monoisotopic (exact) mass is 251 g/mol. The first-order valence-corrected chi connectivity index (χ1v) is 4.69. The lowest BCUT2D eigenvalue weighted by molar-refractivity contribution is -0.166. The smallest absolute Gasteiger partial charge is 0.356 e. The predicted molar refractivity (Wildman–Crippen MR) is 49.1 cm³/mol. The van der Waals surface area contributed by atoms with Gasteiger partial charge in [0, 0.05) is 0 Å². The minimum Gasteiger partial charge on any atom is -0.479 e. The summed E-state index contributed by atoms with van der Waals surface area (Å²) in [6.45, 7) is 1.42. The molecule has 1 fully saturated rings. The van der Waals surface area contributed by atoms with Gasteiger partial charge >= 0.3 is 11.9 Å². The van der Waals surface area contributed by atoms with Gasteiger partial charge in [-0.2, -0.15) is 5.90 Å². The van der Waals surface area contributed by atoms with E-state index >= 15 is 0 Å². The van der Waals surface area contributed by atoms with Crippen LogP contribution in [0.1, 0.15) is 6.92 Å². The van der Waals surface area contributed by atoms with Crippen molar-refractivity contribution in [3.8, 4) is 0 Å². The fourth-order valence-electron chi connectivity index (χ4n) is 1.48. The zero-order chi connectivity index (χ0) is 13.2. The van der Waals surface area contributed by atoms with Crippen molar-refractivity contribution >= 4 is 11.9 Å². The van der Waals surface area contributed by atoms with Crippen LogP contribution in [0.25, 0.3) is 0 Å². The summed E-state index contributed by atoms with van der Waals surface area (Å²) in [5.41, 5.74) is 0. The molecule has 0 aromatic heterocycles. The van der Waals surface area contributed by atoms with E-state index in [1.165, 1.54) is 6.92 Å². The number of carboxylic acids is 1. The van der Waals surface area contributed by atoms with Gasteiger partial charge in [0.2, 0.25) is 0 Å². The Bertz CT molecular complexity index is 308. The van der Waals surface area contributed by atoms with E-state index in [4.69, 9.17) is 14.6 Å². The maximum absolute atomic E-state index is 11.0. The van der Waals surface area contributed by atoms with Crippen molar-refractivity contribution in [3.05, 3.63) is 0 Å². The quantitative estimate of drug-likeness (QED) is 0.392. The Morgan fingerprint density at radius 2 is 1.71 bits per heavy atom. The molecule has 1 rings (SSSR count). The largest absolute Gasteiger partial charge is 0.479 e. The van der Waals surface area contributed by atoms with Crippen LogP contribution in [0.5, 0.6) is 0 Å². The highest BCUT2D eigenvalue weighted by Crippen LogP contribution is 2.24. The van der Waals surface area contributed by atoms with Gasteiger partial charge in [0.05, 0.1) is 0 Å². The van der Waals surface area contributed by atoms with Crippen molar-refractivity contribution in [1.29, 1.82) is 0 Å². The maximum Gasteiger partial charge on any atom is 0.356 e. The van der Waals surface area contributed by atoms with Crippen molar-refractivity contribution < 1.29 is 39.2 Å². The van der Waals surface area contributed by atoms with E-state index in [9.17, 15) is 19.8 Å². The molecule has 1 aliphatic heterocycles. The van der Waals surface area contributed by atoms with Crippen LogP contribution in [0.3, 0.4) is 0 Å². The van der Waals surface area contributed by atoms with Crippen molar-refractivity contribution in [2.75, 3.05) is 0 Å². The second kappa shape index (κ2) is 5.38. The SMILES string of the molecule is CC1O[C@@H]([C@H](O)C(=O)O)[C@@H]([C@@H](O)C(=O)ON)O1. The Morgan fingerprint density at radius 3 is 2.12 bits per heavy atom. The molecule has 98 valence electrons. The van der Waals surface area contributed by atoms with Crippen molar-refractivity contribution in [1.82, 2.24) is 0 Å². The van der Waals surface area contributed by atoms with Gasteiger partial charge in [0.25, 0.3) is 0 Å². The van der Waals surface area contributed by atoms with Gasteiger partial charge in [-0.3, -0.25) is 0 Å². The predicted octanol–water partition coefficient (Wildman–Crippen LogP) is -2.66. The first-order valence-electron chi connectivity index (χ1n) is 4.69. The Hall–Kier alpha value is -1.26.